The van der Waals surface area contributed by atoms with E-state index in [1.165, 1.54) is 33.6 Å². The van der Waals surface area contributed by atoms with Gasteiger partial charge in [0.2, 0.25) is 0 Å². The summed E-state index contributed by atoms with van der Waals surface area (Å²) < 4.78 is 0. The topological polar surface area (TPSA) is 27.0 Å². The molecule has 1 aliphatic carbocycles. The fourth-order valence-electron chi connectivity index (χ4n) is 5.91. The van der Waals surface area contributed by atoms with Crippen molar-refractivity contribution in [3.63, 3.8) is 0 Å². The fourth-order valence-corrected chi connectivity index (χ4v) is 5.91. The van der Waals surface area contributed by atoms with E-state index >= 15 is 0 Å². The first-order valence-electron chi connectivity index (χ1n) is 13.0. The third-order valence-corrected chi connectivity index (χ3v) is 7.96. The highest BCUT2D eigenvalue weighted by Gasteiger charge is 2.37. The molecule has 0 bridgehead atoms. The number of fused-ring (bicyclic) bond motifs is 2. The number of allylic oxidation sites excluding steroid dienone is 4. The van der Waals surface area contributed by atoms with Crippen LogP contribution in [0.2, 0.25) is 0 Å². The van der Waals surface area contributed by atoms with Crippen LogP contribution >= 0.6 is 0 Å². The van der Waals surface area contributed by atoms with Crippen LogP contribution in [0.25, 0.3) is 16.7 Å². The molecule has 4 aromatic carbocycles. The third-order valence-electron chi connectivity index (χ3n) is 7.96. The van der Waals surface area contributed by atoms with Crippen LogP contribution < -0.4 is 4.90 Å². The normalized spacial score (nSPS) is 19.4. The van der Waals surface area contributed by atoms with Crippen LogP contribution in [0.1, 0.15) is 37.5 Å². The summed E-state index contributed by atoms with van der Waals surface area (Å²) >= 11 is 0. The summed E-state index contributed by atoms with van der Waals surface area (Å²) in [4.78, 5) is 2.42. The van der Waals surface area contributed by atoms with Crippen molar-refractivity contribution in [3.05, 3.63) is 132 Å². The molecule has 2 aliphatic rings. The van der Waals surface area contributed by atoms with E-state index in [0.717, 1.165) is 16.8 Å². The van der Waals surface area contributed by atoms with Crippen molar-refractivity contribution in [1.82, 2.24) is 0 Å². The molecule has 0 N–H and O–H groups in total. The number of para-hydroxylation sites is 3. The van der Waals surface area contributed by atoms with Crippen molar-refractivity contribution in [3.8, 4) is 17.2 Å². The first kappa shape index (κ1) is 23.1. The summed E-state index contributed by atoms with van der Waals surface area (Å²) in [6.07, 6.45) is 6.46. The summed E-state index contributed by atoms with van der Waals surface area (Å²) in [6.45, 7) is 6.74. The van der Waals surface area contributed by atoms with E-state index < -0.39 is 0 Å². The van der Waals surface area contributed by atoms with Gasteiger partial charge in [-0.3, -0.25) is 0 Å². The van der Waals surface area contributed by atoms with Crippen molar-refractivity contribution in [2.75, 3.05) is 4.90 Å². The molecule has 1 heterocycles. The number of anilines is 3. The molecule has 0 spiro atoms. The Hall–Kier alpha value is -4.35. The van der Waals surface area contributed by atoms with Crippen molar-refractivity contribution < 1.29 is 0 Å². The summed E-state index contributed by atoms with van der Waals surface area (Å²) in [7, 11) is 0. The number of benzene rings is 4. The molecule has 2 heteroatoms. The van der Waals surface area contributed by atoms with Gasteiger partial charge in [0, 0.05) is 11.0 Å². The minimum atomic E-state index is -0.119. The van der Waals surface area contributed by atoms with Crippen LogP contribution in [0.5, 0.6) is 0 Å². The van der Waals surface area contributed by atoms with Crippen LogP contribution in [0.3, 0.4) is 0 Å². The largest absolute Gasteiger partial charge is 0.309 e. The lowest BCUT2D eigenvalue weighted by atomic mass is 9.73. The molecule has 6 rings (SSSR count). The predicted molar refractivity (Wildman–Crippen MR) is 154 cm³/mol. The molecule has 2 unspecified atom stereocenters. The number of hydrogen-bond acceptors (Lipinski definition) is 2. The summed E-state index contributed by atoms with van der Waals surface area (Å²) in [5, 5.41) is 9.72. The van der Waals surface area contributed by atoms with E-state index in [1.807, 2.05) is 0 Å². The van der Waals surface area contributed by atoms with E-state index in [1.54, 1.807) is 0 Å². The maximum atomic E-state index is 9.72. The van der Waals surface area contributed by atoms with Gasteiger partial charge in [-0.15, -0.1) is 0 Å². The van der Waals surface area contributed by atoms with Gasteiger partial charge in [0.1, 0.15) is 0 Å². The maximum absolute atomic E-state index is 9.72. The summed E-state index contributed by atoms with van der Waals surface area (Å²) in [5.41, 5.74) is 10.7. The summed E-state index contributed by atoms with van der Waals surface area (Å²) in [5.74, 6) is 0.101. The van der Waals surface area contributed by atoms with E-state index in [-0.39, 0.29) is 17.3 Å². The number of hydrogen-bond donors (Lipinski definition) is 0. The molecule has 0 saturated carbocycles. The lowest BCUT2D eigenvalue weighted by Gasteiger charge is -2.42. The number of rotatable bonds is 3. The Morgan fingerprint density at radius 3 is 1.81 bits per heavy atom. The molecule has 0 saturated heterocycles. The molecular formula is C35H30N2. The van der Waals surface area contributed by atoms with Gasteiger partial charge in [0.05, 0.1) is 29.0 Å². The van der Waals surface area contributed by atoms with Crippen LogP contribution in [-0.4, -0.2) is 0 Å². The van der Waals surface area contributed by atoms with Gasteiger partial charge < -0.3 is 4.90 Å². The monoisotopic (exact) mass is 478 g/mol. The molecule has 4 aromatic rings. The molecule has 1 aliphatic heterocycles. The molecule has 37 heavy (non-hydrogen) atoms. The van der Waals surface area contributed by atoms with E-state index in [9.17, 15) is 5.26 Å². The van der Waals surface area contributed by atoms with Crippen LogP contribution in [0.15, 0.2) is 115 Å². The first-order chi connectivity index (χ1) is 18.0. The highest BCUT2D eigenvalue weighted by Crippen LogP contribution is 2.53. The van der Waals surface area contributed by atoms with Crippen LogP contribution in [0.4, 0.5) is 17.1 Å². The zero-order chi connectivity index (χ0) is 25.6. The van der Waals surface area contributed by atoms with Gasteiger partial charge in [-0.25, -0.2) is 0 Å². The predicted octanol–water partition coefficient (Wildman–Crippen LogP) is 9.19. The van der Waals surface area contributed by atoms with E-state index in [4.69, 9.17) is 0 Å². The minimum absolute atomic E-state index is 0.1000. The SMILES string of the molecule is CC1C=CC(c2ccccc2-c2ccccc2N2c3ccccc3C(C)(C)c3ccccc32)=CC1C#N. The Kier molecular flexibility index (Phi) is 5.58. The highest BCUT2D eigenvalue weighted by molar-refractivity contribution is 5.96. The average molecular weight is 479 g/mol. The second-order valence-corrected chi connectivity index (χ2v) is 10.6. The Bertz CT molecular complexity index is 1550. The molecule has 0 amide bonds. The van der Waals surface area contributed by atoms with Crippen molar-refractivity contribution in [2.24, 2.45) is 11.8 Å². The van der Waals surface area contributed by atoms with Crippen molar-refractivity contribution in [2.45, 2.75) is 26.2 Å². The molecular weight excluding hydrogens is 448 g/mol. The van der Waals surface area contributed by atoms with Crippen LogP contribution in [0, 0.1) is 23.2 Å². The Morgan fingerprint density at radius 2 is 1.19 bits per heavy atom. The zero-order valence-corrected chi connectivity index (χ0v) is 21.5. The van der Waals surface area contributed by atoms with Gasteiger partial charge in [0.25, 0.3) is 0 Å². The smallest absolute Gasteiger partial charge is 0.0712 e. The highest BCUT2D eigenvalue weighted by atomic mass is 15.2. The Balaban J connectivity index is 1.58. The lowest BCUT2D eigenvalue weighted by molar-refractivity contribution is 0.619. The van der Waals surface area contributed by atoms with Crippen molar-refractivity contribution in [1.29, 1.82) is 5.26 Å². The average Bonchev–Trinajstić information content (AvgIpc) is 2.94. The zero-order valence-electron chi connectivity index (χ0n) is 21.5. The second kappa shape index (κ2) is 8.95. The number of nitrogens with zero attached hydrogens (tertiary/aromatic N) is 2. The maximum Gasteiger partial charge on any atom is 0.0712 e. The molecule has 0 fully saturated rings. The second-order valence-electron chi connectivity index (χ2n) is 10.6. The van der Waals surface area contributed by atoms with Gasteiger partial charge in [-0.1, -0.05) is 118 Å². The molecule has 0 aromatic heterocycles. The fraction of sp³-hybridized carbons (Fsp3) is 0.171. The Morgan fingerprint density at radius 1 is 0.676 bits per heavy atom. The molecule has 0 radical (unpaired) electrons. The standard InChI is InChI=1S/C35H30N2/c1-24-20-21-25(22-26(24)23-36)27-12-4-5-13-28(27)29-14-6-9-17-32(29)37-33-18-10-7-15-30(33)35(2,3)31-16-8-11-19-34(31)37/h4-22,24,26H,1-3H3. The quantitative estimate of drug-likeness (QED) is 0.293. The molecule has 2 atom stereocenters. The van der Waals surface area contributed by atoms with E-state index in [0.29, 0.717) is 0 Å². The van der Waals surface area contributed by atoms with Gasteiger partial charge in [-0.05, 0) is 51.9 Å². The van der Waals surface area contributed by atoms with Crippen molar-refractivity contribution >= 4 is 22.6 Å². The lowest BCUT2D eigenvalue weighted by Crippen LogP contribution is -2.30. The Labute approximate surface area is 219 Å². The summed E-state index contributed by atoms with van der Waals surface area (Å²) in [6, 6.07) is 37.3. The molecule has 2 nitrogen and oxygen atoms in total. The van der Waals surface area contributed by atoms with E-state index in [2.05, 4.69) is 147 Å². The van der Waals surface area contributed by atoms with Gasteiger partial charge in [0.15, 0.2) is 0 Å². The third kappa shape index (κ3) is 3.71. The number of nitriles is 1. The van der Waals surface area contributed by atoms with Crippen LogP contribution in [-0.2, 0) is 5.41 Å². The molecule has 180 valence electrons. The minimum Gasteiger partial charge on any atom is -0.309 e. The van der Waals surface area contributed by atoms with Gasteiger partial charge in [-0.2, -0.15) is 5.26 Å². The first-order valence-corrected chi connectivity index (χ1v) is 13.0. The van der Waals surface area contributed by atoms with Gasteiger partial charge >= 0.3 is 0 Å².